The van der Waals surface area contributed by atoms with Gasteiger partial charge in [0.2, 0.25) is 12.7 Å². The summed E-state index contributed by atoms with van der Waals surface area (Å²) in [5.41, 5.74) is -0.0913. The number of hydrogen-bond acceptors (Lipinski definition) is 5. The van der Waals surface area contributed by atoms with Crippen molar-refractivity contribution >= 4 is 28.8 Å². The van der Waals surface area contributed by atoms with E-state index in [1.54, 1.807) is 19.1 Å². The Bertz CT molecular complexity index is 1000. The first-order valence-electron chi connectivity index (χ1n) is 10.4. The number of ether oxygens (including phenoxy) is 2. The third-order valence-corrected chi connectivity index (χ3v) is 6.64. The van der Waals surface area contributed by atoms with E-state index in [0.29, 0.717) is 15.5 Å². The van der Waals surface area contributed by atoms with Gasteiger partial charge in [0.15, 0.2) is 17.5 Å². The zero-order valence-corrected chi connectivity index (χ0v) is 18.2. The largest absolute Gasteiger partial charge is 0.471 e. The summed E-state index contributed by atoms with van der Waals surface area (Å²) in [4.78, 5) is 27.7. The molecule has 10 heteroatoms. The fourth-order valence-corrected chi connectivity index (χ4v) is 5.02. The van der Waals surface area contributed by atoms with Crippen LogP contribution in [0.15, 0.2) is 30.3 Å². The summed E-state index contributed by atoms with van der Waals surface area (Å²) in [5, 5.41) is 2.89. The first-order chi connectivity index (χ1) is 15.2. The molecule has 1 aromatic heterocycles. The fourth-order valence-electron chi connectivity index (χ4n) is 4.06. The molecule has 32 heavy (non-hydrogen) atoms. The smallest absolute Gasteiger partial charge is 0.454 e. The molecule has 1 saturated carbocycles. The van der Waals surface area contributed by atoms with Crippen molar-refractivity contribution in [3.05, 3.63) is 40.1 Å². The number of amides is 2. The van der Waals surface area contributed by atoms with Crippen LogP contribution in [0.2, 0.25) is 0 Å². The highest BCUT2D eigenvalue weighted by atomic mass is 32.1. The average molecular weight is 468 g/mol. The average Bonchev–Trinajstić information content (AvgIpc) is 3.39. The summed E-state index contributed by atoms with van der Waals surface area (Å²) in [6.07, 6.45) is -0.692. The molecule has 2 aromatic rings. The van der Waals surface area contributed by atoms with Crippen molar-refractivity contribution in [1.82, 2.24) is 5.32 Å². The van der Waals surface area contributed by atoms with E-state index in [1.165, 1.54) is 29.5 Å². The van der Waals surface area contributed by atoms with E-state index in [9.17, 15) is 22.8 Å². The molecule has 1 aliphatic heterocycles. The highest BCUT2D eigenvalue weighted by molar-refractivity contribution is 7.12. The lowest BCUT2D eigenvalue weighted by atomic mass is 9.95. The van der Waals surface area contributed by atoms with Crippen molar-refractivity contribution in [2.75, 3.05) is 11.7 Å². The Hall–Kier alpha value is -2.75. The number of carbonyl (C=O) groups excluding carboxylic acids is 2. The van der Waals surface area contributed by atoms with Crippen LogP contribution in [0.3, 0.4) is 0 Å². The van der Waals surface area contributed by atoms with Gasteiger partial charge in [-0.2, -0.15) is 13.2 Å². The van der Waals surface area contributed by atoms with Gasteiger partial charge in [0, 0.05) is 27.5 Å². The molecule has 1 atom stereocenters. The topological polar surface area (TPSA) is 67.9 Å². The van der Waals surface area contributed by atoms with E-state index in [2.05, 4.69) is 5.32 Å². The van der Waals surface area contributed by atoms with Crippen molar-refractivity contribution < 1.29 is 32.2 Å². The molecule has 0 saturated heterocycles. The van der Waals surface area contributed by atoms with Crippen LogP contribution in [0.5, 0.6) is 11.5 Å². The molecule has 172 valence electrons. The fraction of sp³-hybridized carbons (Fsp3) is 0.455. The predicted molar refractivity (Wildman–Crippen MR) is 113 cm³/mol. The molecule has 1 fully saturated rings. The molecule has 0 spiro atoms. The van der Waals surface area contributed by atoms with Crippen LogP contribution >= 0.6 is 11.3 Å². The lowest BCUT2D eigenvalue weighted by Crippen LogP contribution is -2.50. The summed E-state index contributed by atoms with van der Waals surface area (Å²) in [5.74, 6) is -2.17. The molecule has 2 heterocycles. The number of nitrogens with one attached hydrogen (secondary N) is 1. The van der Waals surface area contributed by atoms with Crippen molar-refractivity contribution in [3.8, 4) is 11.5 Å². The predicted octanol–water partition coefficient (Wildman–Crippen LogP) is 4.87. The zero-order chi connectivity index (χ0) is 22.9. The number of carbonyl (C=O) groups is 2. The molecule has 0 radical (unpaired) electrons. The van der Waals surface area contributed by atoms with Crippen LogP contribution < -0.4 is 19.7 Å². The second kappa shape index (κ2) is 9.01. The number of anilines is 1. The summed E-state index contributed by atoms with van der Waals surface area (Å²) < 4.78 is 51.6. The van der Waals surface area contributed by atoms with Gasteiger partial charge in [-0.3, -0.25) is 14.5 Å². The third kappa shape index (κ3) is 4.69. The Morgan fingerprint density at radius 1 is 1.09 bits per heavy atom. The van der Waals surface area contributed by atoms with Crippen molar-refractivity contribution in [3.63, 3.8) is 0 Å². The van der Waals surface area contributed by atoms with Crippen LogP contribution in [0, 0.1) is 6.92 Å². The van der Waals surface area contributed by atoms with Gasteiger partial charge in [-0.25, -0.2) is 0 Å². The van der Waals surface area contributed by atoms with Crippen molar-refractivity contribution in [2.45, 2.75) is 57.3 Å². The Labute approximate surface area is 187 Å². The minimum absolute atomic E-state index is 0.0677. The third-order valence-electron chi connectivity index (χ3n) is 5.58. The normalized spacial score (nSPS) is 17.1. The summed E-state index contributed by atoms with van der Waals surface area (Å²) in [6.45, 7) is 1.72. The standard InChI is InChI=1S/C22H23F3N2O4S/c1-13-7-10-18(32-13)19(20(28)26-14-5-3-2-4-6-14)27(21(29)22(23,24)25)15-8-9-16-17(11-15)31-12-30-16/h7-11,14,19H,2-6,12H2,1H3,(H,26,28). The number of halogens is 3. The Kier molecular flexibility index (Phi) is 6.32. The van der Waals surface area contributed by atoms with Crippen LogP contribution in [-0.2, 0) is 9.59 Å². The molecule has 6 nitrogen and oxygen atoms in total. The van der Waals surface area contributed by atoms with E-state index in [-0.39, 0.29) is 24.3 Å². The van der Waals surface area contributed by atoms with Crippen LogP contribution in [0.4, 0.5) is 18.9 Å². The number of aryl methyl sites for hydroxylation is 1. The lowest BCUT2D eigenvalue weighted by Gasteiger charge is -2.33. The molecular formula is C22H23F3N2O4S. The van der Waals surface area contributed by atoms with Crippen LogP contribution in [0.1, 0.15) is 47.9 Å². The quantitative estimate of drug-likeness (QED) is 0.680. The van der Waals surface area contributed by atoms with Gasteiger partial charge in [0.05, 0.1) is 0 Å². The summed E-state index contributed by atoms with van der Waals surface area (Å²) in [6, 6.07) is 5.78. The van der Waals surface area contributed by atoms with E-state index < -0.39 is 24.0 Å². The van der Waals surface area contributed by atoms with Crippen LogP contribution in [-0.4, -0.2) is 30.8 Å². The first-order valence-corrected chi connectivity index (χ1v) is 11.2. The van der Waals surface area contributed by atoms with Gasteiger partial charge in [-0.15, -0.1) is 11.3 Å². The lowest BCUT2D eigenvalue weighted by molar-refractivity contribution is -0.171. The van der Waals surface area contributed by atoms with E-state index in [1.807, 2.05) is 0 Å². The van der Waals surface area contributed by atoms with Gasteiger partial charge in [0.25, 0.3) is 0 Å². The minimum atomic E-state index is -5.17. The molecule has 4 rings (SSSR count). The number of rotatable bonds is 5. The Morgan fingerprint density at radius 3 is 2.47 bits per heavy atom. The van der Waals surface area contributed by atoms with Crippen LogP contribution in [0.25, 0.3) is 0 Å². The Morgan fingerprint density at radius 2 is 1.81 bits per heavy atom. The SMILES string of the molecule is Cc1ccc(C(C(=O)NC2CCCCC2)N(C(=O)C(F)(F)F)c2ccc3c(c2)OCO3)s1. The Balaban J connectivity index is 1.77. The number of fused-ring (bicyclic) bond motifs is 1. The summed E-state index contributed by atoms with van der Waals surface area (Å²) in [7, 11) is 0. The minimum Gasteiger partial charge on any atom is -0.454 e. The highest BCUT2D eigenvalue weighted by Crippen LogP contribution is 2.40. The first kappa shape index (κ1) is 22.4. The van der Waals surface area contributed by atoms with Gasteiger partial charge >= 0.3 is 12.1 Å². The second-order valence-corrected chi connectivity index (χ2v) is 9.22. The molecule has 1 aromatic carbocycles. The molecule has 1 aliphatic carbocycles. The molecule has 2 amide bonds. The molecule has 2 aliphatic rings. The van der Waals surface area contributed by atoms with Gasteiger partial charge < -0.3 is 14.8 Å². The number of benzene rings is 1. The molecular weight excluding hydrogens is 445 g/mol. The highest BCUT2D eigenvalue weighted by Gasteiger charge is 2.48. The maximum Gasteiger partial charge on any atom is 0.471 e. The van der Waals surface area contributed by atoms with E-state index >= 15 is 0 Å². The zero-order valence-electron chi connectivity index (χ0n) is 17.4. The van der Waals surface area contributed by atoms with E-state index in [0.717, 1.165) is 37.0 Å². The van der Waals surface area contributed by atoms with Crippen molar-refractivity contribution in [1.29, 1.82) is 0 Å². The van der Waals surface area contributed by atoms with Gasteiger partial charge in [0.1, 0.15) is 0 Å². The molecule has 1 N–H and O–H groups in total. The number of hydrogen-bond donors (Lipinski definition) is 1. The molecule has 1 unspecified atom stereocenters. The van der Waals surface area contributed by atoms with E-state index in [4.69, 9.17) is 9.47 Å². The number of alkyl halides is 3. The second-order valence-electron chi connectivity index (χ2n) is 7.90. The number of thiophene rings is 1. The molecule has 0 bridgehead atoms. The van der Waals surface area contributed by atoms with Gasteiger partial charge in [-0.05, 0) is 44.0 Å². The van der Waals surface area contributed by atoms with Crippen molar-refractivity contribution in [2.24, 2.45) is 0 Å². The maximum atomic E-state index is 13.7. The number of nitrogens with zero attached hydrogens (tertiary/aromatic N) is 1. The summed E-state index contributed by atoms with van der Waals surface area (Å²) >= 11 is 1.18. The maximum absolute atomic E-state index is 13.7. The van der Waals surface area contributed by atoms with Gasteiger partial charge in [-0.1, -0.05) is 19.3 Å². The monoisotopic (exact) mass is 468 g/mol.